The number of alkyl halides is 3. The normalized spacial score (nSPS) is 19.0. The third-order valence-electron chi connectivity index (χ3n) is 8.91. The maximum Gasteiger partial charge on any atom is 0.418 e. The summed E-state index contributed by atoms with van der Waals surface area (Å²) < 4.78 is 47.5. The van der Waals surface area contributed by atoms with E-state index >= 15 is 0 Å². The second-order valence-electron chi connectivity index (χ2n) is 12.5. The molecule has 7 nitrogen and oxygen atoms in total. The van der Waals surface area contributed by atoms with E-state index in [1.54, 1.807) is 18.6 Å². The minimum atomic E-state index is -4.59. The van der Waals surface area contributed by atoms with Crippen molar-refractivity contribution in [3.63, 3.8) is 0 Å². The molecule has 0 N–H and O–H groups in total. The van der Waals surface area contributed by atoms with Crippen LogP contribution in [0, 0.1) is 11.3 Å². The van der Waals surface area contributed by atoms with E-state index < -0.39 is 17.4 Å². The standard InChI is InChI=1S/C31H37F3N6O/c1-4-38-20-35-36-28(38)27(22-8-5-9-22)23-10-6-11-24(15-23)39-18-26-25(31(32,33)34)14-21(17-40(26)29(39)41)16-37-13-7-12-30(2,3)19-37/h6,10-11,14-15,17-18,20,22,27H,4-5,7-9,12-13,16,19H2,1-3H3/t27-/m1/s1. The molecule has 1 aliphatic heterocycles. The van der Waals surface area contributed by atoms with Gasteiger partial charge in [-0.25, -0.2) is 4.79 Å². The van der Waals surface area contributed by atoms with Gasteiger partial charge in [0.15, 0.2) is 0 Å². The molecule has 3 aromatic heterocycles. The van der Waals surface area contributed by atoms with Crippen LogP contribution in [0.1, 0.15) is 81.3 Å². The summed E-state index contributed by atoms with van der Waals surface area (Å²) >= 11 is 0. The number of nitrogens with zero attached hydrogens (tertiary/aromatic N) is 6. The molecule has 1 aliphatic carbocycles. The number of pyridine rings is 1. The number of piperidine rings is 1. The average molecular weight is 567 g/mol. The number of likely N-dealkylation sites (tertiary alicyclic amines) is 1. The lowest BCUT2D eigenvalue weighted by molar-refractivity contribution is -0.136. The molecule has 2 aliphatic rings. The maximum atomic E-state index is 14.3. The summed E-state index contributed by atoms with van der Waals surface area (Å²) in [6.45, 7) is 9.17. The molecular weight excluding hydrogens is 529 g/mol. The molecule has 0 radical (unpaired) electrons. The van der Waals surface area contributed by atoms with Crippen molar-refractivity contribution in [1.82, 2.24) is 28.6 Å². The van der Waals surface area contributed by atoms with Gasteiger partial charge < -0.3 is 4.57 Å². The van der Waals surface area contributed by atoms with Gasteiger partial charge >= 0.3 is 11.9 Å². The summed E-state index contributed by atoms with van der Waals surface area (Å²) in [6, 6.07) is 8.79. The fourth-order valence-electron chi connectivity index (χ4n) is 6.70. The first-order valence-electron chi connectivity index (χ1n) is 14.6. The molecule has 0 amide bonds. The van der Waals surface area contributed by atoms with Crippen LogP contribution in [0.15, 0.2) is 53.8 Å². The third-order valence-corrected chi connectivity index (χ3v) is 8.91. The van der Waals surface area contributed by atoms with Gasteiger partial charge in [-0.05, 0) is 79.8 Å². The number of benzene rings is 1. The van der Waals surface area contributed by atoms with Crippen LogP contribution in [0.3, 0.4) is 0 Å². The SMILES string of the molecule is CCn1cnnc1[C@@H](c1cccc(-n2cc3c(C(F)(F)F)cc(CN4CCCC(C)(C)C4)cn3c2=O)c1)C1CCC1. The van der Waals surface area contributed by atoms with Crippen LogP contribution in [0.5, 0.6) is 0 Å². The molecule has 4 aromatic rings. The Morgan fingerprint density at radius 1 is 1.12 bits per heavy atom. The predicted molar refractivity (Wildman–Crippen MR) is 151 cm³/mol. The lowest BCUT2D eigenvalue weighted by atomic mass is 9.72. The smallest absolute Gasteiger partial charge is 0.317 e. The summed E-state index contributed by atoms with van der Waals surface area (Å²) in [5.41, 5.74) is 0.679. The van der Waals surface area contributed by atoms with E-state index in [1.807, 2.05) is 29.7 Å². The van der Waals surface area contributed by atoms with Gasteiger partial charge in [-0.2, -0.15) is 13.2 Å². The van der Waals surface area contributed by atoms with Crippen LogP contribution in [0.2, 0.25) is 0 Å². The zero-order valence-electron chi connectivity index (χ0n) is 23.9. The molecule has 4 heterocycles. The van der Waals surface area contributed by atoms with Crippen LogP contribution in [0.25, 0.3) is 11.2 Å². The maximum absolute atomic E-state index is 14.3. The molecular formula is C31H37F3N6O. The van der Waals surface area contributed by atoms with Crippen molar-refractivity contribution in [2.45, 2.75) is 78.1 Å². The summed E-state index contributed by atoms with van der Waals surface area (Å²) in [6.07, 6.45) is 5.45. The van der Waals surface area contributed by atoms with Crippen molar-refractivity contribution in [3.8, 4) is 5.69 Å². The largest absolute Gasteiger partial charge is 0.418 e. The highest BCUT2D eigenvalue weighted by atomic mass is 19.4. The average Bonchev–Trinajstić information content (AvgIpc) is 3.49. The van der Waals surface area contributed by atoms with E-state index in [-0.39, 0.29) is 16.8 Å². The van der Waals surface area contributed by atoms with Gasteiger partial charge in [0.25, 0.3) is 0 Å². The van der Waals surface area contributed by atoms with Gasteiger partial charge in [0.1, 0.15) is 12.2 Å². The van der Waals surface area contributed by atoms with Gasteiger partial charge in [0.05, 0.1) is 16.8 Å². The van der Waals surface area contributed by atoms with Crippen molar-refractivity contribution in [2.24, 2.45) is 11.3 Å². The number of imidazole rings is 1. The zero-order valence-corrected chi connectivity index (χ0v) is 23.9. The fraction of sp³-hybridized carbons (Fsp3) is 0.516. The van der Waals surface area contributed by atoms with Gasteiger partial charge in [-0.15, -0.1) is 10.2 Å². The van der Waals surface area contributed by atoms with Crippen LogP contribution >= 0.6 is 0 Å². The lowest BCUT2D eigenvalue weighted by Gasteiger charge is -2.38. The second-order valence-corrected chi connectivity index (χ2v) is 12.5. The van der Waals surface area contributed by atoms with E-state index in [0.29, 0.717) is 23.7 Å². The number of halogens is 3. The number of hydrogen-bond donors (Lipinski definition) is 0. The number of aromatic nitrogens is 5. The summed E-state index contributed by atoms with van der Waals surface area (Å²) in [7, 11) is 0. The summed E-state index contributed by atoms with van der Waals surface area (Å²) in [4.78, 5) is 15.9. The molecule has 0 bridgehead atoms. The van der Waals surface area contributed by atoms with Crippen LogP contribution < -0.4 is 5.69 Å². The Kier molecular flexibility index (Phi) is 7.08. The van der Waals surface area contributed by atoms with E-state index in [0.717, 1.165) is 67.5 Å². The molecule has 10 heteroatoms. The molecule has 0 spiro atoms. The van der Waals surface area contributed by atoms with Crippen molar-refractivity contribution in [1.29, 1.82) is 0 Å². The number of fused-ring (bicyclic) bond motifs is 1. The minimum absolute atomic E-state index is 0.00464. The number of hydrogen-bond acceptors (Lipinski definition) is 4. The molecule has 6 rings (SSSR count). The molecule has 41 heavy (non-hydrogen) atoms. The highest BCUT2D eigenvalue weighted by molar-refractivity contribution is 5.58. The van der Waals surface area contributed by atoms with Gasteiger partial charge in [-0.1, -0.05) is 32.4 Å². The molecule has 1 atom stereocenters. The first-order chi connectivity index (χ1) is 19.5. The fourth-order valence-corrected chi connectivity index (χ4v) is 6.70. The number of aryl methyl sites for hydroxylation is 1. The Hall–Kier alpha value is -3.40. The summed E-state index contributed by atoms with van der Waals surface area (Å²) in [5, 5.41) is 8.58. The van der Waals surface area contributed by atoms with Crippen LogP contribution in [0.4, 0.5) is 13.2 Å². The molecule has 2 fully saturated rings. The first-order valence-corrected chi connectivity index (χ1v) is 14.6. The van der Waals surface area contributed by atoms with Gasteiger partial charge in [-0.3, -0.25) is 13.9 Å². The topological polar surface area (TPSA) is 60.4 Å². The molecule has 218 valence electrons. The van der Waals surface area contributed by atoms with Gasteiger partial charge in [0.2, 0.25) is 0 Å². The highest BCUT2D eigenvalue weighted by Gasteiger charge is 2.36. The van der Waals surface area contributed by atoms with Gasteiger partial charge in [0, 0.05) is 37.9 Å². The Morgan fingerprint density at radius 2 is 1.93 bits per heavy atom. The molecule has 0 unspecified atom stereocenters. The quantitative estimate of drug-likeness (QED) is 0.264. The van der Waals surface area contributed by atoms with E-state index in [2.05, 4.69) is 28.9 Å². The lowest BCUT2D eigenvalue weighted by Crippen LogP contribution is -2.39. The summed E-state index contributed by atoms with van der Waals surface area (Å²) in [5.74, 6) is 1.29. The third kappa shape index (κ3) is 5.34. The molecule has 1 saturated carbocycles. The Morgan fingerprint density at radius 3 is 2.61 bits per heavy atom. The molecule has 1 aromatic carbocycles. The number of rotatable bonds is 7. The van der Waals surface area contributed by atoms with Crippen LogP contribution in [-0.2, 0) is 19.3 Å². The Labute approximate surface area is 237 Å². The monoisotopic (exact) mass is 566 g/mol. The Balaban J connectivity index is 1.42. The van der Waals surface area contributed by atoms with Crippen molar-refractivity contribution < 1.29 is 13.2 Å². The van der Waals surface area contributed by atoms with Crippen molar-refractivity contribution >= 4 is 5.52 Å². The van der Waals surface area contributed by atoms with Crippen LogP contribution in [-0.4, -0.2) is 41.7 Å². The first kappa shape index (κ1) is 27.8. The van der Waals surface area contributed by atoms with E-state index in [9.17, 15) is 18.0 Å². The van der Waals surface area contributed by atoms with E-state index in [4.69, 9.17) is 0 Å². The highest BCUT2D eigenvalue weighted by Crippen LogP contribution is 2.43. The second kappa shape index (κ2) is 10.5. The van der Waals surface area contributed by atoms with Crippen molar-refractivity contribution in [3.05, 3.63) is 82.1 Å². The minimum Gasteiger partial charge on any atom is -0.317 e. The zero-order chi connectivity index (χ0) is 28.9. The molecule has 1 saturated heterocycles. The Bertz CT molecular complexity index is 1610. The van der Waals surface area contributed by atoms with Crippen molar-refractivity contribution in [2.75, 3.05) is 13.1 Å². The predicted octanol–water partition coefficient (Wildman–Crippen LogP) is 6.27. The van der Waals surface area contributed by atoms with E-state index in [1.165, 1.54) is 16.8 Å².